The molecule has 0 aliphatic rings. The minimum Gasteiger partial charge on any atom is -0.465 e. The van der Waals surface area contributed by atoms with Crippen molar-refractivity contribution in [2.75, 3.05) is 0 Å². The summed E-state index contributed by atoms with van der Waals surface area (Å²) < 4.78 is 12.5. The first kappa shape index (κ1) is 19.9. The van der Waals surface area contributed by atoms with Crippen molar-refractivity contribution in [3.8, 4) is 0 Å². The van der Waals surface area contributed by atoms with E-state index < -0.39 is 0 Å². The summed E-state index contributed by atoms with van der Waals surface area (Å²) in [6.45, 7) is 8.97. The molecule has 2 heteroatoms. The Hall–Kier alpha value is -1.44. The lowest BCUT2D eigenvalue weighted by Gasteiger charge is -2.24. The summed E-state index contributed by atoms with van der Waals surface area (Å²) in [5.74, 6) is 4.33. The Balaban J connectivity index is 2.14. The summed E-state index contributed by atoms with van der Waals surface area (Å²) in [4.78, 5) is 0. The van der Waals surface area contributed by atoms with E-state index in [0.29, 0.717) is 0 Å². The molecule has 2 nitrogen and oxygen atoms in total. The van der Waals surface area contributed by atoms with E-state index in [9.17, 15) is 0 Å². The summed E-state index contributed by atoms with van der Waals surface area (Å²) in [5.41, 5.74) is -0.166. The average Bonchev–Trinajstić information content (AvgIpc) is 3.26. The highest BCUT2D eigenvalue weighted by atomic mass is 16.4. The molecule has 0 saturated heterocycles. The first-order chi connectivity index (χ1) is 12.1. The van der Waals surface area contributed by atoms with E-state index in [1.807, 2.05) is 0 Å². The van der Waals surface area contributed by atoms with Crippen LogP contribution in [0.25, 0.3) is 0 Å². The normalized spacial score (nSPS) is 12.0. The molecule has 0 saturated carbocycles. The van der Waals surface area contributed by atoms with Gasteiger partial charge in [-0.05, 0) is 50.5 Å². The van der Waals surface area contributed by atoms with E-state index in [4.69, 9.17) is 8.83 Å². The van der Waals surface area contributed by atoms with E-state index in [-0.39, 0.29) is 5.41 Å². The van der Waals surface area contributed by atoms with Gasteiger partial charge < -0.3 is 8.83 Å². The molecule has 2 aromatic rings. The lowest BCUT2D eigenvalue weighted by molar-refractivity contribution is 0.307. The van der Waals surface area contributed by atoms with E-state index >= 15 is 0 Å². The van der Waals surface area contributed by atoms with Crippen LogP contribution in [-0.4, -0.2) is 0 Å². The first-order valence-electron chi connectivity index (χ1n) is 10.3. The molecular weight excluding hydrogens is 308 g/mol. The van der Waals surface area contributed by atoms with Crippen molar-refractivity contribution in [2.45, 2.75) is 97.3 Å². The van der Waals surface area contributed by atoms with Gasteiger partial charge in [0, 0.05) is 12.8 Å². The van der Waals surface area contributed by atoms with Crippen LogP contribution in [0.4, 0.5) is 0 Å². The number of rotatable bonds is 12. The Kier molecular flexibility index (Phi) is 7.87. The number of hydrogen-bond acceptors (Lipinski definition) is 2. The molecule has 2 aromatic heterocycles. The second-order valence-electron chi connectivity index (χ2n) is 7.53. The minimum atomic E-state index is -0.166. The predicted molar refractivity (Wildman–Crippen MR) is 105 cm³/mol. The molecule has 0 bridgehead atoms. The molecular formula is C23H36O2. The Labute approximate surface area is 154 Å². The number of furan rings is 2. The zero-order valence-corrected chi connectivity index (χ0v) is 16.7. The molecule has 140 valence electrons. The van der Waals surface area contributed by atoms with Gasteiger partial charge in [-0.2, -0.15) is 0 Å². The van der Waals surface area contributed by atoms with Crippen molar-refractivity contribution < 1.29 is 8.83 Å². The van der Waals surface area contributed by atoms with Crippen LogP contribution in [0.3, 0.4) is 0 Å². The van der Waals surface area contributed by atoms with Crippen LogP contribution < -0.4 is 0 Å². The van der Waals surface area contributed by atoms with Crippen LogP contribution in [0.5, 0.6) is 0 Å². The van der Waals surface area contributed by atoms with Crippen LogP contribution >= 0.6 is 0 Å². The molecule has 0 radical (unpaired) electrons. The van der Waals surface area contributed by atoms with Gasteiger partial charge in [0.1, 0.15) is 23.0 Å². The van der Waals surface area contributed by atoms with Gasteiger partial charge in [-0.15, -0.1) is 0 Å². The lowest BCUT2D eigenvalue weighted by atomic mass is 9.81. The van der Waals surface area contributed by atoms with Gasteiger partial charge in [-0.3, -0.25) is 0 Å². The van der Waals surface area contributed by atoms with Crippen molar-refractivity contribution in [1.82, 2.24) is 0 Å². The van der Waals surface area contributed by atoms with Crippen molar-refractivity contribution >= 4 is 0 Å². The smallest absolute Gasteiger partial charge is 0.117 e. The van der Waals surface area contributed by atoms with Gasteiger partial charge in [0.2, 0.25) is 0 Å². The second kappa shape index (κ2) is 9.89. The zero-order valence-electron chi connectivity index (χ0n) is 16.7. The molecule has 0 unspecified atom stereocenters. The highest BCUT2D eigenvalue weighted by Crippen LogP contribution is 2.38. The molecule has 25 heavy (non-hydrogen) atoms. The van der Waals surface area contributed by atoms with Gasteiger partial charge in [0.05, 0.1) is 5.41 Å². The molecule has 0 aliphatic carbocycles. The first-order valence-corrected chi connectivity index (χ1v) is 10.3. The van der Waals surface area contributed by atoms with E-state index in [2.05, 4.69) is 52.0 Å². The lowest BCUT2D eigenvalue weighted by Crippen LogP contribution is -2.22. The molecule has 0 N–H and O–H groups in total. The summed E-state index contributed by atoms with van der Waals surface area (Å²) in [5, 5.41) is 0. The monoisotopic (exact) mass is 344 g/mol. The number of aryl methyl sites for hydroxylation is 2. The fraction of sp³-hybridized carbons (Fsp3) is 0.652. The average molecular weight is 345 g/mol. The quantitative estimate of drug-likeness (QED) is 0.374. The maximum Gasteiger partial charge on any atom is 0.117 e. The molecule has 0 fully saturated rings. The molecule has 0 atom stereocenters. The fourth-order valence-corrected chi connectivity index (χ4v) is 3.58. The Morgan fingerprint density at radius 1 is 0.680 bits per heavy atom. The largest absolute Gasteiger partial charge is 0.465 e. The predicted octanol–water partition coefficient (Wildman–Crippen LogP) is 7.44. The number of hydrogen-bond donors (Lipinski definition) is 0. The van der Waals surface area contributed by atoms with Gasteiger partial charge in [-0.1, -0.05) is 52.9 Å². The Bertz CT molecular complexity index is 557. The molecule has 2 heterocycles. The third-order valence-corrected chi connectivity index (χ3v) is 5.21. The Morgan fingerprint density at radius 3 is 1.56 bits per heavy atom. The highest BCUT2D eigenvalue weighted by Gasteiger charge is 2.34. The van der Waals surface area contributed by atoms with Gasteiger partial charge >= 0.3 is 0 Å². The van der Waals surface area contributed by atoms with Crippen LogP contribution in [0.1, 0.15) is 102 Å². The maximum atomic E-state index is 6.25. The summed E-state index contributed by atoms with van der Waals surface area (Å²) in [6.07, 6.45) is 11.6. The van der Waals surface area contributed by atoms with E-state index in [1.54, 1.807) is 0 Å². The SMILES string of the molecule is CCCCCc1ccc(C(C)(CCC)c2ccc(CCCCC)o2)o1. The highest BCUT2D eigenvalue weighted by molar-refractivity contribution is 5.29. The number of unbranched alkanes of at least 4 members (excludes halogenated alkanes) is 4. The Morgan fingerprint density at radius 2 is 1.16 bits per heavy atom. The van der Waals surface area contributed by atoms with Crippen LogP contribution in [0, 0.1) is 0 Å². The molecule has 0 spiro atoms. The summed E-state index contributed by atoms with van der Waals surface area (Å²) in [7, 11) is 0. The summed E-state index contributed by atoms with van der Waals surface area (Å²) in [6, 6.07) is 8.64. The van der Waals surface area contributed by atoms with Crippen molar-refractivity contribution in [3.63, 3.8) is 0 Å². The van der Waals surface area contributed by atoms with Crippen molar-refractivity contribution in [3.05, 3.63) is 47.3 Å². The van der Waals surface area contributed by atoms with Gasteiger partial charge in [-0.25, -0.2) is 0 Å². The van der Waals surface area contributed by atoms with E-state index in [0.717, 1.165) is 48.7 Å². The van der Waals surface area contributed by atoms with Gasteiger partial charge in [0.15, 0.2) is 0 Å². The van der Waals surface area contributed by atoms with E-state index in [1.165, 1.54) is 38.5 Å². The summed E-state index contributed by atoms with van der Waals surface area (Å²) >= 11 is 0. The molecule has 0 amide bonds. The standard InChI is InChI=1S/C23H36O2/c1-5-8-10-12-19-14-16-21(24-19)23(4,18-7-3)22-17-15-20(25-22)13-11-9-6-2/h14-17H,5-13,18H2,1-4H3. The van der Waals surface area contributed by atoms with Gasteiger partial charge in [0.25, 0.3) is 0 Å². The zero-order chi connectivity index (χ0) is 18.1. The second-order valence-corrected chi connectivity index (χ2v) is 7.53. The molecule has 0 aliphatic heterocycles. The topological polar surface area (TPSA) is 26.3 Å². The molecule has 0 aromatic carbocycles. The maximum absolute atomic E-state index is 6.25. The third-order valence-electron chi connectivity index (χ3n) is 5.21. The van der Waals surface area contributed by atoms with Crippen LogP contribution in [0.15, 0.2) is 33.1 Å². The van der Waals surface area contributed by atoms with Crippen molar-refractivity contribution in [1.29, 1.82) is 0 Å². The fourth-order valence-electron chi connectivity index (χ4n) is 3.58. The van der Waals surface area contributed by atoms with Crippen LogP contribution in [0.2, 0.25) is 0 Å². The third kappa shape index (κ3) is 5.26. The van der Waals surface area contributed by atoms with Crippen LogP contribution in [-0.2, 0) is 18.3 Å². The minimum absolute atomic E-state index is 0.166. The van der Waals surface area contributed by atoms with Crippen molar-refractivity contribution in [2.24, 2.45) is 0 Å². The molecule has 2 rings (SSSR count).